The van der Waals surface area contributed by atoms with Crippen molar-refractivity contribution in [3.63, 3.8) is 0 Å². The van der Waals surface area contributed by atoms with E-state index in [9.17, 15) is 9.59 Å². The first-order valence-corrected chi connectivity index (χ1v) is 9.44. The normalized spacial score (nSPS) is 14.4. The van der Waals surface area contributed by atoms with Gasteiger partial charge in [0.15, 0.2) is 0 Å². The molecule has 146 valence electrons. The summed E-state index contributed by atoms with van der Waals surface area (Å²) < 4.78 is 5.27. The quantitative estimate of drug-likeness (QED) is 0.698. The molecule has 2 aromatic carbocycles. The molecule has 2 N–H and O–H groups in total. The third-order valence-electron chi connectivity index (χ3n) is 5.01. The first-order valence-electron chi connectivity index (χ1n) is 9.44. The van der Waals surface area contributed by atoms with Gasteiger partial charge in [-0.05, 0) is 34.7 Å². The summed E-state index contributed by atoms with van der Waals surface area (Å²) in [6.45, 7) is 2.43. The molecule has 0 unspecified atom stereocenters. The van der Waals surface area contributed by atoms with Gasteiger partial charge < -0.3 is 15.4 Å². The van der Waals surface area contributed by atoms with E-state index in [0.717, 1.165) is 27.5 Å². The van der Waals surface area contributed by atoms with E-state index in [1.165, 1.54) is 0 Å². The summed E-state index contributed by atoms with van der Waals surface area (Å²) in [5.41, 5.74) is 8.72. The first-order chi connectivity index (χ1) is 14.1. The van der Waals surface area contributed by atoms with Crippen molar-refractivity contribution < 1.29 is 14.3 Å². The molecule has 0 atom stereocenters. The Hall–Kier alpha value is -3.51. The van der Waals surface area contributed by atoms with E-state index in [1.54, 1.807) is 35.5 Å². The molecule has 1 aromatic heterocycles. The number of rotatable bonds is 4. The van der Waals surface area contributed by atoms with Crippen LogP contribution in [0.3, 0.4) is 0 Å². The minimum Gasteiger partial charge on any atom is -0.378 e. The van der Waals surface area contributed by atoms with E-state index >= 15 is 0 Å². The molecule has 6 heteroatoms. The van der Waals surface area contributed by atoms with Gasteiger partial charge in [0.1, 0.15) is 0 Å². The summed E-state index contributed by atoms with van der Waals surface area (Å²) in [5, 5.41) is 1.86. The molecule has 2 heterocycles. The van der Waals surface area contributed by atoms with Crippen LogP contribution >= 0.6 is 0 Å². The fourth-order valence-corrected chi connectivity index (χ4v) is 3.38. The number of aromatic nitrogens is 1. The number of nitrogens with zero attached hydrogens (tertiary/aromatic N) is 2. The number of hydrogen-bond donors (Lipinski definition) is 1. The van der Waals surface area contributed by atoms with Crippen LogP contribution in [0, 0.1) is 0 Å². The van der Waals surface area contributed by atoms with Crippen molar-refractivity contribution in [3.8, 4) is 11.1 Å². The molecule has 1 aliphatic heterocycles. The second-order valence-electron chi connectivity index (χ2n) is 6.88. The van der Waals surface area contributed by atoms with Gasteiger partial charge in [-0.25, -0.2) is 0 Å². The van der Waals surface area contributed by atoms with Gasteiger partial charge >= 0.3 is 0 Å². The highest BCUT2D eigenvalue weighted by Gasteiger charge is 2.14. The number of nitrogens with two attached hydrogens (primary N) is 1. The smallest absolute Gasteiger partial charge is 0.248 e. The highest BCUT2D eigenvalue weighted by Crippen LogP contribution is 2.28. The van der Waals surface area contributed by atoms with Crippen molar-refractivity contribution in [2.45, 2.75) is 0 Å². The van der Waals surface area contributed by atoms with E-state index in [-0.39, 0.29) is 5.91 Å². The Morgan fingerprint density at radius 1 is 1.03 bits per heavy atom. The molecule has 1 saturated heterocycles. The number of primary amides is 1. The minimum absolute atomic E-state index is 0.00499. The number of fused-ring (bicyclic) bond motifs is 1. The van der Waals surface area contributed by atoms with E-state index in [0.29, 0.717) is 31.9 Å². The Kier molecular flexibility index (Phi) is 5.35. The van der Waals surface area contributed by atoms with Crippen molar-refractivity contribution >= 4 is 28.7 Å². The average molecular weight is 387 g/mol. The first kappa shape index (κ1) is 18.8. The second-order valence-corrected chi connectivity index (χ2v) is 6.88. The summed E-state index contributed by atoms with van der Waals surface area (Å²) in [6.07, 6.45) is 6.95. The van der Waals surface area contributed by atoms with Crippen LogP contribution in [0.15, 0.2) is 60.9 Å². The van der Waals surface area contributed by atoms with Gasteiger partial charge in [0.2, 0.25) is 11.8 Å². The van der Waals surface area contributed by atoms with Crippen molar-refractivity contribution in [3.05, 3.63) is 72.1 Å². The van der Waals surface area contributed by atoms with Crippen molar-refractivity contribution in [1.29, 1.82) is 0 Å². The summed E-state index contributed by atoms with van der Waals surface area (Å²) in [6, 6.07) is 13.2. The third kappa shape index (κ3) is 4.17. The lowest BCUT2D eigenvalue weighted by Gasteiger charge is -2.25. The van der Waals surface area contributed by atoms with E-state index in [4.69, 9.17) is 10.5 Å². The summed E-state index contributed by atoms with van der Waals surface area (Å²) in [7, 11) is 0. The van der Waals surface area contributed by atoms with Crippen molar-refractivity contribution in [2.24, 2.45) is 5.73 Å². The lowest BCUT2D eigenvalue weighted by Crippen LogP contribution is -2.39. The van der Waals surface area contributed by atoms with E-state index < -0.39 is 5.91 Å². The maximum Gasteiger partial charge on any atom is 0.248 e. The zero-order valence-corrected chi connectivity index (χ0v) is 15.9. The molecule has 0 saturated carbocycles. The average Bonchev–Trinajstić information content (AvgIpc) is 2.77. The molecule has 4 rings (SSSR count). The lowest BCUT2D eigenvalue weighted by molar-refractivity contribution is -0.129. The van der Waals surface area contributed by atoms with Crippen LogP contribution in [0.5, 0.6) is 0 Å². The maximum absolute atomic E-state index is 12.2. The fourth-order valence-electron chi connectivity index (χ4n) is 3.38. The van der Waals surface area contributed by atoms with Gasteiger partial charge in [0, 0.05) is 48.1 Å². The highest BCUT2D eigenvalue weighted by molar-refractivity contribution is 6.02. The van der Waals surface area contributed by atoms with Crippen LogP contribution < -0.4 is 5.73 Å². The fraction of sp³-hybridized carbons (Fsp3) is 0.174. The summed E-state index contributed by atoms with van der Waals surface area (Å²) in [5.74, 6) is -0.463. The zero-order chi connectivity index (χ0) is 20.2. The van der Waals surface area contributed by atoms with Crippen LogP contribution in [0.1, 0.15) is 15.9 Å². The number of pyridine rings is 1. The van der Waals surface area contributed by atoms with Crippen LogP contribution in [0.25, 0.3) is 28.0 Å². The molecular formula is C23H21N3O3. The molecule has 1 aliphatic rings. The molecule has 0 bridgehead atoms. The Morgan fingerprint density at radius 2 is 1.79 bits per heavy atom. The Bertz CT molecular complexity index is 1080. The molecule has 0 radical (unpaired) electrons. The van der Waals surface area contributed by atoms with Crippen LogP contribution in [-0.2, 0) is 9.53 Å². The summed E-state index contributed by atoms with van der Waals surface area (Å²) >= 11 is 0. The monoisotopic (exact) mass is 387 g/mol. The SMILES string of the molecule is NC(=O)c1ccc2cncc(-c3ccc(/C=C/C(=O)N4CCOCC4)cc3)c2c1. The number of carbonyl (C=O) groups is 2. The molecule has 0 spiro atoms. The molecule has 0 aliphatic carbocycles. The third-order valence-corrected chi connectivity index (χ3v) is 5.01. The number of benzene rings is 2. The van der Waals surface area contributed by atoms with Gasteiger partial charge in [-0.15, -0.1) is 0 Å². The van der Waals surface area contributed by atoms with Crippen molar-refractivity contribution in [1.82, 2.24) is 9.88 Å². The Labute approximate surface area is 168 Å². The number of amides is 2. The molecular weight excluding hydrogens is 366 g/mol. The molecule has 3 aromatic rings. The standard InChI is InChI=1S/C23H21N3O3/c24-23(28)18-6-7-19-14-25-15-21(20(19)13-18)17-4-1-16(2-5-17)3-8-22(27)26-9-11-29-12-10-26/h1-8,13-15H,9-12H2,(H2,24,28)/b8-3+. The number of carbonyl (C=O) groups excluding carboxylic acids is 2. The van der Waals surface area contributed by atoms with Crippen LogP contribution in [0.2, 0.25) is 0 Å². The van der Waals surface area contributed by atoms with E-state index in [1.807, 2.05) is 36.4 Å². The number of hydrogen-bond acceptors (Lipinski definition) is 4. The lowest BCUT2D eigenvalue weighted by atomic mass is 9.98. The predicted molar refractivity (Wildman–Crippen MR) is 112 cm³/mol. The van der Waals surface area contributed by atoms with Gasteiger partial charge in [-0.1, -0.05) is 30.3 Å². The molecule has 1 fully saturated rings. The van der Waals surface area contributed by atoms with E-state index in [2.05, 4.69) is 4.98 Å². The largest absolute Gasteiger partial charge is 0.378 e. The molecule has 2 amide bonds. The topological polar surface area (TPSA) is 85.5 Å². The Balaban J connectivity index is 1.58. The maximum atomic E-state index is 12.2. The second kappa shape index (κ2) is 8.24. The van der Waals surface area contributed by atoms with Crippen LogP contribution in [-0.4, -0.2) is 48.0 Å². The highest BCUT2D eigenvalue weighted by atomic mass is 16.5. The zero-order valence-electron chi connectivity index (χ0n) is 15.9. The van der Waals surface area contributed by atoms with Crippen molar-refractivity contribution in [2.75, 3.05) is 26.3 Å². The number of ether oxygens (including phenoxy) is 1. The van der Waals surface area contributed by atoms with Gasteiger partial charge in [0.05, 0.1) is 13.2 Å². The summed E-state index contributed by atoms with van der Waals surface area (Å²) in [4.78, 5) is 29.9. The van der Waals surface area contributed by atoms with Crippen LogP contribution in [0.4, 0.5) is 0 Å². The van der Waals surface area contributed by atoms with Gasteiger partial charge in [-0.3, -0.25) is 14.6 Å². The molecule has 29 heavy (non-hydrogen) atoms. The number of morpholine rings is 1. The Morgan fingerprint density at radius 3 is 2.52 bits per heavy atom. The predicted octanol–water partition coefficient (Wildman–Crippen LogP) is 2.87. The van der Waals surface area contributed by atoms with Gasteiger partial charge in [0.25, 0.3) is 0 Å². The molecule has 6 nitrogen and oxygen atoms in total. The van der Waals surface area contributed by atoms with Gasteiger partial charge in [-0.2, -0.15) is 0 Å². The minimum atomic E-state index is -0.458.